The fourth-order valence-corrected chi connectivity index (χ4v) is 3.83. The number of fused-ring (bicyclic) bond motifs is 2. The molecule has 19 heavy (non-hydrogen) atoms. The molecule has 0 radical (unpaired) electrons. The Balaban J connectivity index is 1.77. The molecular formula is C14H15BrN2O2. The van der Waals surface area contributed by atoms with E-state index in [-0.39, 0.29) is 17.4 Å². The summed E-state index contributed by atoms with van der Waals surface area (Å²) >= 11 is 3.44. The number of carbonyl (C=O) groups excluding carboxylic acids is 1. The summed E-state index contributed by atoms with van der Waals surface area (Å²) < 4.78 is 0.924. The Hall–Kier alpha value is -0.940. The molecule has 1 aromatic heterocycles. The number of aromatic nitrogens is 1. The molecule has 1 aromatic rings. The molecule has 1 aliphatic heterocycles. The van der Waals surface area contributed by atoms with E-state index in [1.54, 1.807) is 6.20 Å². The van der Waals surface area contributed by atoms with E-state index in [2.05, 4.69) is 20.9 Å². The number of nitrogens with zero attached hydrogens (tertiary/aromatic N) is 2. The second kappa shape index (κ2) is 3.38. The number of halogens is 1. The molecule has 2 heterocycles. The van der Waals surface area contributed by atoms with Gasteiger partial charge in [0.1, 0.15) is 5.82 Å². The first-order valence-corrected chi connectivity index (χ1v) is 7.44. The van der Waals surface area contributed by atoms with Gasteiger partial charge in [-0.05, 0) is 54.6 Å². The average molecular weight is 323 g/mol. The van der Waals surface area contributed by atoms with Crippen LogP contribution in [-0.4, -0.2) is 27.6 Å². The van der Waals surface area contributed by atoms with Gasteiger partial charge in [0, 0.05) is 22.3 Å². The molecule has 0 unspecified atom stereocenters. The Kier molecular flexibility index (Phi) is 2.11. The van der Waals surface area contributed by atoms with Gasteiger partial charge in [0.05, 0.1) is 11.0 Å². The van der Waals surface area contributed by atoms with Crippen LogP contribution in [-0.2, 0) is 10.2 Å². The number of pyridine rings is 1. The second-order valence-corrected chi connectivity index (χ2v) is 7.26. The molecular weight excluding hydrogens is 308 g/mol. The van der Waals surface area contributed by atoms with Crippen molar-refractivity contribution in [2.45, 2.75) is 49.7 Å². The van der Waals surface area contributed by atoms with E-state index in [4.69, 9.17) is 0 Å². The number of rotatable bonds is 1. The van der Waals surface area contributed by atoms with Gasteiger partial charge in [-0.1, -0.05) is 0 Å². The molecule has 4 nitrogen and oxygen atoms in total. The molecule has 1 spiro atoms. The highest BCUT2D eigenvalue weighted by Crippen LogP contribution is 2.58. The first-order valence-electron chi connectivity index (χ1n) is 6.65. The lowest BCUT2D eigenvalue weighted by atomic mass is 9.76. The third kappa shape index (κ3) is 1.48. The van der Waals surface area contributed by atoms with Gasteiger partial charge in [-0.3, -0.25) is 9.69 Å². The maximum atomic E-state index is 12.7. The van der Waals surface area contributed by atoms with Gasteiger partial charge < -0.3 is 5.11 Å². The Morgan fingerprint density at radius 1 is 1.47 bits per heavy atom. The van der Waals surface area contributed by atoms with Crippen molar-refractivity contribution in [2.75, 3.05) is 4.90 Å². The standard InChI is InChI=1S/C14H15BrN2O2/c1-13(19)5-9(6-13)17-11-10(4-8(15)7-16-11)14(2-3-14)12(17)18/h4,7,9,19H,2-3,5-6H2,1H3. The third-order valence-electron chi connectivity index (χ3n) is 4.67. The molecule has 0 atom stereocenters. The smallest absolute Gasteiger partial charge is 0.239 e. The lowest BCUT2D eigenvalue weighted by molar-refractivity contribution is -0.122. The van der Waals surface area contributed by atoms with Crippen LogP contribution in [0.15, 0.2) is 16.7 Å². The van der Waals surface area contributed by atoms with E-state index in [1.165, 1.54) is 0 Å². The summed E-state index contributed by atoms with van der Waals surface area (Å²) in [4.78, 5) is 19.0. The van der Waals surface area contributed by atoms with Gasteiger partial charge in [0.15, 0.2) is 0 Å². The van der Waals surface area contributed by atoms with Gasteiger partial charge in [-0.2, -0.15) is 0 Å². The largest absolute Gasteiger partial charge is 0.390 e. The molecule has 1 amide bonds. The highest BCUT2D eigenvalue weighted by atomic mass is 79.9. The first-order chi connectivity index (χ1) is 8.93. The van der Waals surface area contributed by atoms with Crippen molar-refractivity contribution < 1.29 is 9.90 Å². The summed E-state index contributed by atoms with van der Waals surface area (Å²) in [6.45, 7) is 1.83. The Bertz CT molecular complexity index is 587. The highest BCUT2D eigenvalue weighted by Gasteiger charge is 2.62. The summed E-state index contributed by atoms with van der Waals surface area (Å²) in [5.74, 6) is 1.000. The number of aliphatic hydroxyl groups is 1. The van der Waals surface area contributed by atoms with Crippen LogP contribution < -0.4 is 4.90 Å². The molecule has 2 saturated carbocycles. The lowest BCUT2D eigenvalue weighted by Crippen LogP contribution is -2.55. The average Bonchev–Trinajstić information content (AvgIpc) is 3.05. The minimum atomic E-state index is -0.625. The molecule has 2 aliphatic carbocycles. The van der Waals surface area contributed by atoms with Crippen LogP contribution >= 0.6 is 15.9 Å². The van der Waals surface area contributed by atoms with Crippen LogP contribution in [0.1, 0.15) is 38.2 Å². The quantitative estimate of drug-likeness (QED) is 0.861. The molecule has 5 heteroatoms. The van der Waals surface area contributed by atoms with E-state index >= 15 is 0 Å². The molecule has 0 bridgehead atoms. The fourth-order valence-electron chi connectivity index (χ4n) is 3.50. The normalized spacial score (nSPS) is 34.4. The molecule has 3 aliphatic rings. The van der Waals surface area contributed by atoms with Crippen LogP contribution in [0.2, 0.25) is 0 Å². The summed E-state index contributed by atoms with van der Waals surface area (Å²) in [6, 6.07) is 2.14. The maximum absolute atomic E-state index is 12.7. The molecule has 0 aromatic carbocycles. The van der Waals surface area contributed by atoms with Crippen molar-refractivity contribution in [3.63, 3.8) is 0 Å². The van der Waals surface area contributed by atoms with Gasteiger partial charge in [0.2, 0.25) is 5.91 Å². The first kappa shape index (κ1) is 11.9. The zero-order valence-corrected chi connectivity index (χ0v) is 12.3. The summed E-state index contributed by atoms with van der Waals surface area (Å²) in [7, 11) is 0. The Labute approximate surface area is 120 Å². The molecule has 100 valence electrons. The number of amides is 1. The monoisotopic (exact) mass is 322 g/mol. The van der Waals surface area contributed by atoms with Gasteiger partial charge in [-0.15, -0.1) is 0 Å². The van der Waals surface area contributed by atoms with Gasteiger partial charge in [0.25, 0.3) is 0 Å². The van der Waals surface area contributed by atoms with Gasteiger partial charge >= 0.3 is 0 Å². The fraction of sp³-hybridized carbons (Fsp3) is 0.571. The lowest BCUT2D eigenvalue weighted by Gasteiger charge is -2.45. The van der Waals surface area contributed by atoms with E-state index < -0.39 is 5.60 Å². The van der Waals surface area contributed by atoms with Crippen molar-refractivity contribution in [2.24, 2.45) is 0 Å². The Morgan fingerprint density at radius 2 is 2.16 bits per heavy atom. The van der Waals surface area contributed by atoms with Crippen LogP contribution in [0.3, 0.4) is 0 Å². The van der Waals surface area contributed by atoms with E-state index in [1.807, 2.05) is 17.9 Å². The predicted molar refractivity (Wildman–Crippen MR) is 74.0 cm³/mol. The number of anilines is 1. The number of hydrogen-bond donors (Lipinski definition) is 1. The third-order valence-corrected chi connectivity index (χ3v) is 5.10. The summed E-state index contributed by atoms with van der Waals surface area (Å²) in [5, 5.41) is 9.90. The SMILES string of the molecule is CC1(O)CC(N2C(=O)C3(CC3)c3cc(Br)cnc32)C1. The second-order valence-electron chi connectivity index (χ2n) is 6.34. The van der Waals surface area contributed by atoms with E-state index in [9.17, 15) is 9.90 Å². The summed E-state index contributed by atoms with van der Waals surface area (Å²) in [6.07, 6.45) is 4.89. The van der Waals surface area contributed by atoms with Crippen molar-refractivity contribution in [3.05, 3.63) is 22.3 Å². The summed E-state index contributed by atoms with van der Waals surface area (Å²) in [5.41, 5.74) is 0.145. The molecule has 0 saturated heterocycles. The van der Waals surface area contributed by atoms with E-state index in [0.29, 0.717) is 12.8 Å². The number of carbonyl (C=O) groups is 1. The molecule has 4 rings (SSSR count). The minimum Gasteiger partial charge on any atom is -0.390 e. The van der Waals surface area contributed by atoms with Crippen LogP contribution in [0.5, 0.6) is 0 Å². The topological polar surface area (TPSA) is 53.4 Å². The molecule has 1 N–H and O–H groups in total. The van der Waals surface area contributed by atoms with Crippen LogP contribution in [0.4, 0.5) is 5.82 Å². The zero-order valence-electron chi connectivity index (χ0n) is 10.7. The van der Waals surface area contributed by atoms with Crippen molar-refractivity contribution in [3.8, 4) is 0 Å². The van der Waals surface area contributed by atoms with Crippen molar-refractivity contribution in [1.29, 1.82) is 0 Å². The highest BCUT2D eigenvalue weighted by molar-refractivity contribution is 9.10. The van der Waals surface area contributed by atoms with Crippen LogP contribution in [0, 0.1) is 0 Å². The van der Waals surface area contributed by atoms with E-state index in [0.717, 1.165) is 28.7 Å². The van der Waals surface area contributed by atoms with Gasteiger partial charge in [-0.25, -0.2) is 4.98 Å². The molecule has 2 fully saturated rings. The minimum absolute atomic E-state index is 0.106. The maximum Gasteiger partial charge on any atom is 0.239 e. The Morgan fingerprint density at radius 3 is 2.74 bits per heavy atom. The zero-order chi connectivity index (χ0) is 13.4. The van der Waals surface area contributed by atoms with Crippen molar-refractivity contribution in [1.82, 2.24) is 4.98 Å². The van der Waals surface area contributed by atoms with Crippen LogP contribution in [0.25, 0.3) is 0 Å². The number of hydrogen-bond acceptors (Lipinski definition) is 3. The van der Waals surface area contributed by atoms with Crippen molar-refractivity contribution >= 4 is 27.7 Å². The predicted octanol–water partition coefficient (Wildman–Crippen LogP) is 2.14.